The van der Waals surface area contributed by atoms with Crippen molar-refractivity contribution in [2.24, 2.45) is 0 Å². The molecular weight excluding hydrogens is 306 g/mol. The van der Waals surface area contributed by atoms with Gasteiger partial charge in [-0.15, -0.1) is 0 Å². The lowest BCUT2D eigenvalue weighted by molar-refractivity contribution is 0.0928. The van der Waals surface area contributed by atoms with Gasteiger partial charge in [0, 0.05) is 24.8 Å². The molecule has 0 radical (unpaired) electrons. The topological polar surface area (TPSA) is 96.8 Å². The van der Waals surface area contributed by atoms with E-state index in [-0.39, 0.29) is 6.61 Å². The van der Waals surface area contributed by atoms with E-state index in [2.05, 4.69) is 15.0 Å². The van der Waals surface area contributed by atoms with Crippen LogP contribution in [0.2, 0.25) is 0 Å². The number of ether oxygens (including phenoxy) is 1. The molecule has 1 atom stereocenters. The van der Waals surface area contributed by atoms with E-state index in [4.69, 9.17) is 10.00 Å². The molecule has 1 aromatic carbocycles. The highest BCUT2D eigenvalue weighted by molar-refractivity contribution is 5.47. The number of rotatable bonds is 6. The van der Waals surface area contributed by atoms with Crippen LogP contribution in [0.25, 0.3) is 11.5 Å². The van der Waals surface area contributed by atoms with E-state index >= 15 is 0 Å². The molecule has 0 amide bonds. The minimum Gasteiger partial charge on any atom is -0.491 e. The van der Waals surface area contributed by atoms with Crippen LogP contribution in [0.1, 0.15) is 5.56 Å². The highest BCUT2D eigenvalue weighted by Gasteiger charge is 2.12. The summed E-state index contributed by atoms with van der Waals surface area (Å²) in [6, 6.07) is 8.79. The molecule has 0 aliphatic carbocycles. The fourth-order valence-electron chi connectivity index (χ4n) is 2.20. The molecule has 0 saturated carbocycles. The predicted molar refractivity (Wildman–Crippen MR) is 85.9 cm³/mol. The van der Waals surface area contributed by atoms with Gasteiger partial charge in [-0.2, -0.15) is 5.26 Å². The van der Waals surface area contributed by atoms with Gasteiger partial charge in [0.1, 0.15) is 24.2 Å². The number of benzene rings is 1. The van der Waals surface area contributed by atoms with Crippen LogP contribution in [0.15, 0.2) is 55.2 Å². The Kier molecular flexibility index (Phi) is 4.79. The Morgan fingerprint density at radius 1 is 1.17 bits per heavy atom. The maximum atomic E-state index is 10.2. The molecule has 0 spiro atoms. The second-order valence-electron chi connectivity index (χ2n) is 5.09. The third kappa shape index (κ3) is 3.74. The van der Waals surface area contributed by atoms with Crippen molar-refractivity contribution in [1.29, 1.82) is 5.26 Å². The van der Waals surface area contributed by atoms with Crippen molar-refractivity contribution >= 4 is 0 Å². The first-order chi connectivity index (χ1) is 11.8. The fraction of sp³-hybridized carbons (Fsp3) is 0.176. The third-order valence-corrected chi connectivity index (χ3v) is 3.34. The van der Waals surface area contributed by atoms with Gasteiger partial charge >= 0.3 is 0 Å². The fourth-order valence-corrected chi connectivity index (χ4v) is 2.20. The summed E-state index contributed by atoms with van der Waals surface area (Å²) in [5, 5.41) is 19.0. The van der Waals surface area contributed by atoms with Crippen LogP contribution < -0.4 is 4.74 Å². The quantitative estimate of drug-likeness (QED) is 0.741. The maximum Gasteiger partial charge on any atom is 0.160 e. The smallest absolute Gasteiger partial charge is 0.160 e. The second-order valence-corrected chi connectivity index (χ2v) is 5.09. The summed E-state index contributed by atoms with van der Waals surface area (Å²) in [4.78, 5) is 12.5. The summed E-state index contributed by atoms with van der Waals surface area (Å²) in [7, 11) is 0. The van der Waals surface area contributed by atoms with Crippen LogP contribution in [-0.4, -0.2) is 37.3 Å². The summed E-state index contributed by atoms with van der Waals surface area (Å²) in [5.74, 6) is 1.24. The molecule has 1 unspecified atom stereocenters. The molecule has 3 rings (SSSR count). The van der Waals surface area contributed by atoms with Crippen molar-refractivity contribution < 1.29 is 9.84 Å². The average molecular weight is 321 g/mol. The number of hydrogen-bond acceptors (Lipinski definition) is 6. The van der Waals surface area contributed by atoms with Crippen molar-refractivity contribution in [1.82, 2.24) is 19.5 Å². The van der Waals surface area contributed by atoms with Crippen molar-refractivity contribution in [3.8, 4) is 23.3 Å². The van der Waals surface area contributed by atoms with E-state index in [1.165, 1.54) is 0 Å². The zero-order valence-electron chi connectivity index (χ0n) is 12.8. The van der Waals surface area contributed by atoms with Gasteiger partial charge < -0.3 is 14.4 Å². The van der Waals surface area contributed by atoms with Crippen LogP contribution in [0, 0.1) is 11.3 Å². The molecule has 2 heterocycles. The van der Waals surface area contributed by atoms with E-state index in [0.29, 0.717) is 29.4 Å². The molecule has 0 bridgehead atoms. The Morgan fingerprint density at radius 2 is 2.00 bits per heavy atom. The first kappa shape index (κ1) is 15.6. The van der Waals surface area contributed by atoms with Gasteiger partial charge in [0.05, 0.1) is 24.4 Å². The summed E-state index contributed by atoms with van der Waals surface area (Å²) in [6.45, 7) is 0.451. The molecular formula is C17H15N5O2. The molecule has 0 aliphatic heterocycles. The van der Waals surface area contributed by atoms with Crippen LogP contribution in [-0.2, 0) is 6.54 Å². The molecule has 120 valence electrons. The minimum absolute atomic E-state index is 0.129. The Balaban J connectivity index is 1.60. The molecule has 24 heavy (non-hydrogen) atoms. The highest BCUT2D eigenvalue weighted by Crippen LogP contribution is 2.15. The predicted octanol–water partition coefficient (Wildman–Crippen LogP) is 1.65. The summed E-state index contributed by atoms with van der Waals surface area (Å²) in [5.41, 5.74) is 1.21. The van der Waals surface area contributed by atoms with Gasteiger partial charge in [0.15, 0.2) is 5.82 Å². The highest BCUT2D eigenvalue weighted by atomic mass is 16.5. The van der Waals surface area contributed by atoms with Gasteiger partial charge in [-0.05, 0) is 24.3 Å². The summed E-state index contributed by atoms with van der Waals surface area (Å²) >= 11 is 0. The normalized spacial score (nSPS) is 11.7. The standard InChI is InChI=1S/C17H15N5O2/c18-9-13-1-3-15(4-2-13)24-12-14(23)11-22-8-7-21-17(22)16-10-19-5-6-20-16/h1-8,10,14,23H,11-12H2. The number of aromatic nitrogens is 4. The van der Waals surface area contributed by atoms with Crippen molar-refractivity contribution in [3.05, 3.63) is 60.8 Å². The van der Waals surface area contributed by atoms with Crippen molar-refractivity contribution in [2.75, 3.05) is 6.61 Å². The van der Waals surface area contributed by atoms with E-state index in [0.717, 1.165) is 0 Å². The number of imidazole rings is 1. The molecule has 7 heteroatoms. The van der Waals surface area contributed by atoms with Gasteiger partial charge in [0.2, 0.25) is 0 Å². The van der Waals surface area contributed by atoms with E-state index in [1.807, 2.05) is 6.07 Å². The van der Waals surface area contributed by atoms with E-state index < -0.39 is 6.10 Å². The number of hydrogen-bond donors (Lipinski definition) is 1. The number of nitriles is 1. The van der Waals surface area contributed by atoms with E-state index in [9.17, 15) is 5.11 Å². The first-order valence-corrected chi connectivity index (χ1v) is 7.35. The van der Waals surface area contributed by atoms with Gasteiger partial charge in [-0.25, -0.2) is 9.97 Å². The summed E-state index contributed by atoms with van der Waals surface area (Å²) in [6.07, 6.45) is 7.52. The lowest BCUT2D eigenvalue weighted by Gasteiger charge is -2.14. The molecule has 1 N–H and O–H groups in total. The number of nitrogens with zero attached hydrogens (tertiary/aromatic N) is 5. The first-order valence-electron chi connectivity index (χ1n) is 7.35. The lowest BCUT2D eigenvalue weighted by Crippen LogP contribution is -2.23. The molecule has 7 nitrogen and oxygen atoms in total. The monoisotopic (exact) mass is 321 g/mol. The molecule has 2 aromatic heterocycles. The van der Waals surface area contributed by atoms with Gasteiger partial charge in [-0.3, -0.25) is 4.98 Å². The molecule has 3 aromatic rings. The van der Waals surface area contributed by atoms with Crippen molar-refractivity contribution in [2.45, 2.75) is 12.6 Å². The van der Waals surface area contributed by atoms with Crippen LogP contribution in [0.5, 0.6) is 5.75 Å². The molecule has 0 fully saturated rings. The average Bonchev–Trinajstić information content (AvgIpc) is 3.09. The van der Waals surface area contributed by atoms with Gasteiger partial charge in [0.25, 0.3) is 0 Å². The SMILES string of the molecule is N#Cc1ccc(OCC(O)Cn2ccnc2-c2cnccn2)cc1. The Hall–Kier alpha value is -3.24. The maximum absolute atomic E-state index is 10.2. The third-order valence-electron chi connectivity index (χ3n) is 3.34. The zero-order chi connectivity index (χ0) is 16.8. The zero-order valence-corrected chi connectivity index (χ0v) is 12.8. The largest absolute Gasteiger partial charge is 0.491 e. The Labute approximate surface area is 138 Å². The van der Waals surface area contributed by atoms with Crippen LogP contribution in [0.4, 0.5) is 0 Å². The van der Waals surface area contributed by atoms with Crippen LogP contribution in [0.3, 0.4) is 0 Å². The van der Waals surface area contributed by atoms with Crippen LogP contribution >= 0.6 is 0 Å². The number of aliphatic hydroxyl groups excluding tert-OH is 1. The minimum atomic E-state index is -0.717. The molecule has 0 aliphatic rings. The van der Waals surface area contributed by atoms with Gasteiger partial charge in [-0.1, -0.05) is 0 Å². The lowest BCUT2D eigenvalue weighted by atomic mass is 10.2. The van der Waals surface area contributed by atoms with E-state index in [1.54, 1.807) is 59.8 Å². The summed E-state index contributed by atoms with van der Waals surface area (Å²) < 4.78 is 7.34. The second kappa shape index (κ2) is 7.35. The molecule has 0 saturated heterocycles. The number of aliphatic hydroxyl groups is 1. The van der Waals surface area contributed by atoms with Crippen molar-refractivity contribution in [3.63, 3.8) is 0 Å². The Morgan fingerprint density at radius 3 is 2.71 bits per heavy atom. The Bertz CT molecular complexity index is 824.